The third kappa shape index (κ3) is 12.5. The van der Waals surface area contributed by atoms with Crippen molar-refractivity contribution in [3.05, 3.63) is 246 Å². The molecule has 0 amide bonds. The summed E-state index contributed by atoms with van der Waals surface area (Å²) in [5, 5.41) is 30.5. The van der Waals surface area contributed by atoms with Crippen LogP contribution in [0.5, 0.6) is 0 Å². The predicted molar refractivity (Wildman–Crippen MR) is 414 cm³/mol. The molecule has 0 atom stereocenters. The number of allylic oxidation sites excluding steroid dienone is 2. The Labute approximate surface area is 592 Å². The number of rotatable bonds is 28. The fraction of sp³-hybridized carbons (Fsp3) is 0.352. The van der Waals surface area contributed by atoms with Crippen LogP contribution in [0.15, 0.2) is 174 Å². The first kappa shape index (κ1) is 67.5. The maximum atomic E-state index is 10.6. The van der Waals surface area contributed by atoms with Gasteiger partial charge in [0, 0.05) is 65.4 Å². The molecule has 3 aliphatic rings. The van der Waals surface area contributed by atoms with Crippen LogP contribution in [-0.4, -0.2) is 19.7 Å². The maximum Gasteiger partial charge on any atom is 0.172 e. The number of unbranched alkanes of at least 4 members (excludes halogenated alkanes) is 12. The van der Waals surface area contributed by atoms with Crippen LogP contribution in [0.2, 0.25) is 0 Å². The molecular weight excluding hydrogens is 1260 g/mol. The van der Waals surface area contributed by atoms with Gasteiger partial charge < -0.3 is 9.64 Å². The number of aryl methyl sites for hydroxylation is 4. The lowest BCUT2D eigenvalue weighted by Crippen LogP contribution is -2.30. The number of fused-ring (bicyclic) bond motifs is 10. The van der Waals surface area contributed by atoms with E-state index in [0.29, 0.717) is 5.57 Å². The van der Waals surface area contributed by atoms with Crippen molar-refractivity contribution in [3.63, 3.8) is 0 Å². The minimum absolute atomic E-state index is 0.0504. The molecule has 9 heteroatoms. The fourth-order valence-electron chi connectivity index (χ4n) is 15.8. The van der Waals surface area contributed by atoms with Gasteiger partial charge in [-0.2, -0.15) is 15.8 Å². The fourth-order valence-corrected chi connectivity index (χ4v) is 21.2. The average molecular weight is 1350 g/mol. The molecule has 6 aromatic carbocycles. The van der Waals surface area contributed by atoms with E-state index in [2.05, 4.69) is 204 Å². The first-order valence-corrected chi connectivity index (χ1v) is 39.2. The summed E-state index contributed by atoms with van der Waals surface area (Å²) in [4.78, 5) is 7.21. The third-order valence-corrected chi connectivity index (χ3v) is 25.8. The lowest BCUT2D eigenvalue weighted by atomic mass is 9.65. The number of hydrogen-bond acceptors (Lipinski definition) is 9. The number of thiophene rings is 4. The highest BCUT2D eigenvalue weighted by Crippen LogP contribution is 2.68. The number of ether oxygens (including phenoxy) is 1. The Morgan fingerprint density at radius 3 is 1.25 bits per heavy atom. The van der Waals surface area contributed by atoms with Gasteiger partial charge in [0.05, 0.1) is 20.2 Å². The van der Waals surface area contributed by atoms with Crippen LogP contribution in [-0.2, 0) is 41.3 Å². The monoisotopic (exact) mass is 1350 g/mol. The summed E-state index contributed by atoms with van der Waals surface area (Å²) in [5.74, 6) is 0.0504. The lowest BCUT2D eigenvalue weighted by molar-refractivity contribution is 0.0954. The quantitative estimate of drug-likeness (QED) is 0.0360. The van der Waals surface area contributed by atoms with E-state index in [4.69, 9.17) is 4.74 Å². The van der Waals surface area contributed by atoms with Crippen molar-refractivity contribution < 1.29 is 4.74 Å². The molecule has 0 N–H and O–H groups in total. The van der Waals surface area contributed by atoms with Crippen LogP contribution < -0.4 is 4.90 Å². The van der Waals surface area contributed by atoms with Gasteiger partial charge in [0.15, 0.2) is 11.3 Å². The standard InChI is InChI=1S/C88H90N4OS4/c1-9-13-17-21-25-58-29-39-64(40-30-58)87(65-41-31-59(32-42-65)26-22-18-14-10-2)74-53-71-75(52-70(74)82-79(87)84-77(96-82)51-69(94-84)49-50-73-72(57-91)81(63(55-89)56-90)93-86(73,5)6)88(66-43-33-60(34-44-66)27-23-19-15-11-3,67-45-35-61(36-46-67)28-24-20-16-12-4)80-83(71)97-78-54-76(95-85(78)80)62-37-47-68(48-38-62)92(7)8/h29-54H,9-28H2,1-8H3/b50-49+. The van der Waals surface area contributed by atoms with Crippen LogP contribution >= 0.6 is 45.3 Å². The van der Waals surface area contributed by atoms with Gasteiger partial charge in [-0.25, -0.2) is 0 Å². The summed E-state index contributed by atoms with van der Waals surface area (Å²) in [5.41, 5.74) is 19.6. The topological polar surface area (TPSA) is 83.8 Å². The van der Waals surface area contributed by atoms with Crippen molar-refractivity contribution in [1.82, 2.24) is 0 Å². The smallest absolute Gasteiger partial charge is 0.172 e. The van der Waals surface area contributed by atoms with Gasteiger partial charge in [-0.15, -0.1) is 45.3 Å². The van der Waals surface area contributed by atoms with E-state index >= 15 is 0 Å². The Morgan fingerprint density at radius 1 is 0.464 bits per heavy atom. The Morgan fingerprint density at radius 2 is 0.866 bits per heavy atom. The molecule has 0 saturated heterocycles. The van der Waals surface area contributed by atoms with Crippen LogP contribution in [0.3, 0.4) is 0 Å². The molecule has 0 fully saturated rings. The first-order valence-electron chi connectivity index (χ1n) is 35.9. The highest BCUT2D eigenvalue weighted by Gasteiger charge is 2.54. The minimum Gasteiger partial charge on any atom is -0.480 e. The lowest BCUT2D eigenvalue weighted by Gasteiger charge is -2.36. The van der Waals surface area contributed by atoms with Crippen molar-refractivity contribution in [1.29, 1.82) is 15.8 Å². The molecular formula is C88H90N4OS4. The maximum absolute atomic E-state index is 10.6. The summed E-state index contributed by atoms with van der Waals surface area (Å²) >= 11 is 7.69. The Hall–Kier alpha value is -8.07. The molecule has 5 heterocycles. The molecule has 2 aliphatic carbocycles. The highest BCUT2D eigenvalue weighted by molar-refractivity contribution is 7.32. The van der Waals surface area contributed by atoms with Crippen LogP contribution in [0.4, 0.5) is 5.69 Å². The third-order valence-electron chi connectivity index (χ3n) is 20.9. The van der Waals surface area contributed by atoms with Gasteiger partial charge in [-0.3, -0.25) is 0 Å². The predicted octanol–water partition coefficient (Wildman–Crippen LogP) is 25.1. The van der Waals surface area contributed by atoms with E-state index in [0.717, 1.165) is 30.6 Å². The summed E-state index contributed by atoms with van der Waals surface area (Å²) in [6.07, 6.45) is 27.9. The number of benzene rings is 6. The van der Waals surface area contributed by atoms with E-state index in [1.165, 1.54) is 225 Å². The van der Waals surface area contributed by atoms with E-state index in [9.17, 15) is 15.8 Å². The van der Waals surface area contributed by atoms with Crippen LogP contribution in [0.25, 0.3) is 56.2 Å². The Balaban J connectivity index is 1.09. The molecule has 492 valence electrons. The second kappa shape index (κ2) is 29.2. The number of nitriles is 3. The molecule has 4 aromatic heterocycles. The molecule has 0 bridgehead atoms. The van der Waals surface area contributed by atoms with Crippen LogP contribution in [0.1, 0.15) is 216 Å². The molecule has 13 rings (SSSR count). The minimum atomic E-state index is -0.937. The molecule has 1 aliphatic heterocycles. The van der Waals surface area contributed by atoms with E-state index in [-0.39, 0.29) is 16.9 Å². The average Bonchev–Trinajstić information content (AvgIpc) is 1.50. The molecule has 0 saturated carbocycles. The second-order valence-electron chi connectivity index (χ2n) is 27.9. The summed E-state index contributed by atoms with van der Waals surface area (Å²) < 4.78 is 11.4. The summed E-state index contributed by atoms with van der Waals surface area (Å²) in [7, 11) is 4.23. The SMILES string of the molecule is CCCCCCc1ccc(C2(c3ccc(CCCCCC)cc3)c3cc4c(cc3-c3sc5cc(/C=C/C6=C(C#N)C(=C(C#N)C#N)OC6(C)C)sc5c32)C(c2ccc(CCCCCC)cc2)(c2ccc(CCCCCC)cc2)c2c-4sc3cc(-c4ccc(N(C)C)cc4)sc23)cc1. The number of hydrogen-bond donors (Lipinski definition) is 0. The molecule has 0 spiro atoms. The van der Waals surface area contributed by atoms with Gasteiger partial charge in [-0.1, -0.05) is 220 Å². The highest BCUT2D eigenvalue weighted by atomic mass is 32.1. The van der Waals surface area contributed by atoms with E-state index in [1.54, 1.807) is 0 Å². The van der Waals surface area contributed by atoms with Gasteiger partial charge >= 0.3 is 0 Å². The van der Waals surface area contributed by atoms with E-state index in [1.807, 2.05) is 77.4 Å². The molecule has 0 unspecified atom stereocenters. The largest absolute Gasteiger partial charge is 0.480 e. The summed E-state index contributed by atoms with van der Waals surface area (Å²) in [6, 6.07) is 65.1. The molecule has 10 aromatic rings. The number of nitrogens with zero attached hydrogens (tertiary/aromatic N) is 4. The Bertz CT molecular complexity index is 4600. The van der Waals surface area contributed by atoms with Gasteiger partial charge in [0.1, 0.15) is 29.4 Å². The number of anilines is 1. The van der Waals surface area contributed by atoms with Gasteiger partial charge in [-0.05, 0) is 180 Å². The van der Waals surface area contributed by atoms with Crippen molar-refractivity contribution in [2.75, 3.05) is 19.0 Å². The zero-order valence-corrected chi connectivity index (χ0v) is 61.2. The zero-order chi connectivity index (χ0) is 67.4. The van der Waals surface area contributed by atoms with Crippen molar-refractivity contribution in [2.24, 2.45) is 0 Å². The van der Waals surface area contributed by atoms with Crippen LogP contribution in [0, 0.1) is 34.0 Å². The Kier molecular flexibility index (Phi) is 20.3. The van der Waals surface area contributed by atoms with E-state index < -0.39 is 16.4 Å². The normalized spacial score (nSPS) is 14.6. The van der Waals surface area contributed by atoms with Gasteiger partial charge in [0.2, 0.25) is 0 Å². The van der Waals surface area contributed by atoms with Gasteiger partial charge in [0.25, 0.3) is 0 Å². The first-order chi connectivity index (χ1) is 47.3. The molecule has 97 heavy (non-hydrogen) atoms. The second-order valence-corrected chi connectivity index (χ2v) is 32.2. The zero-order valence-electron chi connectivity index (χ0n) is 58.0. The summed E-state index contributed by atoms with van der Waals surface area (Å²) in [6.45, 7) is 13.0. The molecule has 5 nitrogen and oxygen atoms in total. The van der Waals surface area contributed by atoms with Crippen molar-refractivity contribution in [2.45, 2.75) is 186 Å². The molecule has 0 radical (unpaired) electrons. The van der Waals surface area contributed by atoms with Crippen molar-refractivity contribution in [3.8, 4) is 49.5 Å². The van der Waals surface area contributed by atoms with Crippen molar-refractivity contribution >= 4 is 75.9 Å².